The third-order valence-corrected chi connectivity index (χ3v) is 3.49. The Kier molecular flexibility index (Phi) is 4.50. The molecule has 0 N–H and O–H groups in total. The molecule has 0 aliphatic carbocycles. The molecule has 1 aromatic carbocycles. The fraction of sp³-hybridized carbons (Fsp3) is 0.500. The van der Waals surface area contributed by atoms with Crippen molar-refractivity contribution in [1.82, 2.24) is 4.90 Å². The van der Waals surface area contributed by atoms with Crippen molar-refractivity contribution >= 4 is 5.69 Å². The maximum atomic E-state index is 12.6. The Hall–Kier alpha value is -1.74. The summed E-state index contributed by atoms with van der Waals surface area (Å²) in [6, 6.07) is 11.1. The molecule has 3 nitrogen and oxygen atoms in total. The number of rotatable bonds is 3. The van der Waals surface area contributed by atoms with E-state index in [1.165, 1.54) is 6.07 Å². The topological polar surface area (TPSA) is 30.3 Å². The lowest BCUT2D eigenvalue weighted by Gasteiger charge is -2.36. The molecule has 0 saturated carbocycles. The number of halogens is 3. The molecule has 0 aromatic heterocycles. The highest BCUT2D eigenvalue weighted by Crippen LogP contribution is 2.27. The molecule has 1 saturated heterocycles. The van der Waals surface area contributed by atoms with Crippen LogP contribution in [0.5, 0.6) is 0 Å². The zero-order valence-corrected chi connectivity index (χ0v) is 11.0. The zero-order chi connectivity index (χ0) is 14.6. The molecular formula is C14H16F3N3. The summed E-state index contributed by atoms with van der Waals surface area (Å²) in [5.74, 6) is -1.90. The largest absolute Gasteiger partial charge is 0.405 e. The normalized spacial score (nSPS) is 18.6. The van der Waals surface area contributed by atoms with Crippen LogP contribution in [-0.4, -0.2) is 43.8 Å². The number of nitriles is 1. The van der Waals surface area contributed by atoms with E-state index in [-0.39, 0.29) is 6.54 Å². The lowest BCUT2D eigenvalue weighted by Crippen LogP contribution is -2.49. The van der Waals surface area contributed by atoms with Crippen LogP contribution >= 0.6 is 0 Å². The second-order valence-electron chi connectivity index (χ2n) is 4.85. The van der Waals surface area contributed by atoms with Gasteiger partial charge >= 0.3 is 6.18 Å². The smallest absolute Gasteiger partial charge is 0.369 e. The Bertz CT molecular complexity index is 459. The van der Waals surface area contributed by atoms with Crippen molar-refractivity contribution in [2.45, 2.75) is 6.18 Å². The second-order valence-corrected chi connectivity index (χ2v) is 4.85. The number of nitrogens with zero attached hydrogens (tertiary/aromatic N) is 3. The maximum Gasteiger partial charge on any atom is 0.405 e. The monoisotopic (exact) mass is 283 g/mol. The molecule has 0 amide bonds. The van der Waals surface area contributed by atoms with Crippen molar-refractivity contribution in [1.29, 1.82) is 5.26 Å². The van der Waals surface area contributed by atoms with Gasteiger partial charge in [0.15, 0.2) is 5.92 Å². The highest BCUT2D eigenvalue weighted by Gasteiger charge is 2.41. The van der Waals surface area contributed by atoms with Gasteiger partial charge in [-0.1, -0.05) is 18.2 Å². The van der Waals surface area contributed by atoms with Gasteiger partial charge in [0.25, 0.3) is 0 Å². The molecule has 108 valence electrons. The molecule has 2 rings (SSSR count). The number of piperazine rings is 1. The van der Waals surface area contributed by atoms with Gasteiger partial charge in [-0.25, -0.2) is 0 Å². The quantitative estimate of drug-likeness (QED) is 0.854. The summed E-state index contributed by atoms with van der Waals surface area (Å²) in [5, 5.41) is 8.62. The van der Waals surface area contributed by atoms with Crippen LogP contribution < -0.4 is 4.90 Å². The van der Waals surface area contributed by atoms with Gasteiger partial charge in [-0.15, -0.1) is 0 Å². The molecule has 1 unspecified atom stereocenters. The molecule has 1 aliphatic heterocycles. The standard InChI is InChI=1S/C14H16F3N3/c15-14(16,17)12(10-18)11-19-6-8-20(9-7-19)13-4-2-1-3-5-13/h1-5,12H,6-9,11H2. The number of para-hydroxylation sites is 1. The fourth-order valence-corrected chi connectivity index (χ4v) is 2.30. The van der Waals surface area contributed by atoms with Gasteiger partial charge in [-0.05, 0) is 12.1 Å². The lowest BCUT2D eigenvalue weighted by atomic mass is 10.1. The van der Waals surface area contributed by atoms with Crippen LogP contribution in [0.25, 0.3) is 0 Å². The minimum Gasteiger partial charge on any atom is -0.369 e. The summed E-state index contributed by atoms with van der Waals surface area (Å²) in [6.45, 7) is 2.22. The van der Waals surface area contributed by atoms with Crippen LogP contribution in [-0.2, 0) is 0 Å². The van der Waals surface area contributed by atoms with E-state index in [2.05, 4.69) is 4.90 Å². The first-order chi connectivity index (χ1) is 9.50. The number of alkyl halides is 3. The predicted octanol–water partition coefficient (Wildman–Crippen LogP) is 2.51. The zero-order valence-electron chi connectivity index (χ0n) is 11.0. The van der Waals surface area contributed by atoms with E-state index in [9.17, 15) is 13.2 Å². The maximum absolute atomic E-state index is 12.6. The molecule has 0 spiro atoms. The number of benzene rings is 1. The van der Waals surface area contributed by atoms with E-state index in [1.54, 1.807) is 4.90 Å². The first-order valence-corrected chi connectivity index (χ1v) is 6.49. The van der Waals surface area contributed by atoms with E-state index in [0.29, 0.717) is 26.2 Å². The van der Waals surface area contributed by atoms with E-state index in [0.717, 1.165) is 5.69 Å². The van der Waals surface area contributed by atoms with E-state index >= 15 is 0 Å². The second kappa shape index (κ2) is 6.14. The minimum atomic E-state index is -4.44. The van der Waals surface area contributed by atoms with Crippen LogP contribution in [0.15, 0.2) is 30.3 Å². The summed E-state index contributed by atoms with van der Waals surface area (Å²) in [4.78, 5) is 3.85. The molecule has 1 heterocycles. The van der Waals surface area contributed by atoms with Gasteiger partial charge in [-0.2, -0.15) is 18.4 Å². The highest BCUT2D eigenvalue weighted by molar-refractivity contribution is 5.46. The number of anilines is 1. The minimum absolute atomic E-state index is 0.234. The van der Waals surface area contributed by atoms with Crippen LogP contribution in [0.2, 0.25) is 0 Å². The first-order valence-electron chi connectivity index (χ1n) is 6.49. The van der Waals surface area contributed by atoms with Crippen molar-refractivity contribution in [3.8, 4) is 6.07 Å². The summed E-state index contributed by atoms with van der Waals surface area (Å²) in [7, 11) is 0. The molecule has 1 atom stereocenters. The first kappa shape index (κ1) is 14.7. The summed E-state index contributed by atoms with van der Waals surface area (Å²) < 4.78 is 37.7. The highest BCUT2D eigenvalue weighted by atomic mass is 19.4. The van der Waals surface area contributed by atoms with E-state index < -0.39 is 12.1 Å². The Balaban J connectivity index is 1.87. The number of hydrogen-bond acceptors (Lipinski definition) is 3. The van der Waals surface area contributed by atoms with E-state index in [4.69, 9.17) is 5.26 Å². The molecule has 6 heteroatoms. The summed E-state index contributed by atoms with van der Waals surface area (Å²) >= 11 is 0. The molecule has 1 aromatic rings. The molecule has 0 radical (unpaired) electrons. The summed E-state index contributed by atoms with van der Waals surface area (Å²) in [6.07, 6.45) is -4.44. The Morgan fingerprint density at radius 1 is 1.10 bits per heavy atom. The average molecular weight is 283 g/mol. The van der Waals surface area contributed by atoms with Crippen molar-refractivity contribution < 1.29 is 13.2 Å². The van der Waals surface area contributed by atoms with Crippen molar-refractivity contribution in [3.63, 3.8) is 0 Å². The van der Waals surface area contributed by atoms with Gasteiger partial charge < -0.3 is 4.90 Å². The third-order valence-electron chi connectivity index (χ3n) is 3.49. The molecule has 0 bridgehead atoms. The Labute approximate surface area is 116 Å². The van der Waals surface area contributed by atoms with Gasteiger partial charge in [0, 0.05) is 38.4 Å². The van der Waals surface area contributed by atoms with Crippen molar-refractivity contribution in [3.05, 3.63) is 30.3 Å². The molecular weight excluding hydrogens is 267 g/mol. The third kappa shape index (κ3) is 3.64. The van der Waals surface area contributed by atoms with Gasteiger partial charge in [-0.3, -0.25) is 4.90 Å². The van der Waals surface area contributed by atoms with Gasteiger partial charge in [0.1, 0.15) is 0 Å². The van der Waals surface area contributed by atoms with Crippen LogP contribution in [0.4, 0.5) is 18.9 Å². The Morgan fingerprint density at radius 3 is 2.20 bits per heavy atom. The van der Waals surface area contributed by atoms with Gasteiger partial charge in [0.05, 0.1) is 6.07 Å². The molecule has 1 aliphatic rings. The van der Waals surface area contributed by atoms with E-state index in [1.807, 2.05) is 30.3 Å². The number of hydrogen-bond donors (Lipinski definition) is 0. The predicted molar refractivity (Wildman–Crippen MR) is 70.3 cm³/mol. The van der Waals surface area contributed by atoms with Crippen molar-refractivity contribution in [2.24, 2.45) is 5.92 Å². The van der Waals surface area contributed by atoms with Crippen molar-refractivity contribution in [2.75, 3.05) is 37.6 Å². The van der Waals surface area contributed by atoms with Crippen LogP contribution in [0.1, 0.15) is 0 Å². The Morgan fingerprint density at radius 2 is 1.70 bits per heavy atom. The fourth-order valence-electron chi connectivity index (χ4n) is 2.30. The summed E-state index contributed by atoms with van der Waals surface area (Å²) in [5.41, 5.74) is 1.08. The van der Waals surface area contributed by atoms with Gasteiger partial charge in [0.2, 0.25) is 0 Å². The molecule has 20 heavy (non-hydrogen) atoms. The van der Waals surface area contributed by atoms with Crippen LogP contribution in [0.3, 0.4) is 0 Å². The molecule has 1 fully saturated rings. The van der Waals surface area contributed by atoms with Crippen LogP contribution in [0, 0.1) is 17.2 Å². The SMILES string of the molecule is N#CC(CN1CCN(c2ccccc2)CC1)C(F)(F)F. The lowest BCUT2D eigenvalue weighted by molar-refractivity contribution is -0.163. The average Bonchev–Trinajstić information content (AvgIpc) is 2.45.